The fourth-order valence-electron chi connectivity index (χ4n) is 8.60. The molecule has 12 heteroatoms. The van der Waals surface area contributed by atoms with Crippen molar-refractivity contribution in [3.63, 3.8) is 0 Å². The zero-order valence-electron chi connectivity index (χ0n) is 27.9. The van der Waals surface area contributed by atoms with Gasteiger partial charge in [-0.2, -0.15) is 25.2 Å². The maximum absolute atomic E-state index is 11.1. The number of nitrogens with zero attached hydrogens (tertiary/aromatic N) is 6. The summed E-state index contributed by atoms with van der Waals surface area (Å²) in [5.41, 5.74) is -2.69. The monoisotopic (exact) mass is 608 g/mol. The van der Waals surface area contributed by atoms with Gasteiger partial charge >= 0.3 is 0 Å². The number of hydrogen-bond donors (Lipinski definition) is 5. The Morgan fingerprint density at radius 1 is 0.643 bits per heavy atom. The summed E-state index contributed by atoms with van der Waals surface area (Å²) in [5, 5.41) is 41.1. The first-order chi connectivity index (χ1) is 18.9. The van der Waals surface area contributed by atoms with Gasteiger partial charge in [0, 0.05) is 51.4 Å². The summed E-state index contributed by atoms with van der Waals surface area (Å²) in [4.78, 5) is 15.3. The molecule has 240 valence electrons. The number of piperidine rings is 3. The van der Waals surface area contributed by atoms with Crippen LogP contribution in [-0.2, 0) is 0 Å². The number of anilines is 2. The van der Waals surface area contributed by atoms with Crippen LogP contribution in [0.5, 0.6) is 0 Å². The summed E-state index contributed by atoms with van der Waals surface area (Å²) in [5.74, 6) is 1.22. The number of hydrogen-bond acceptors (Lipinski definition) is 11. The van der Waals surface area contributed by atoms with Gasteiger partial charge in [-0.15, -0.1) is 0 Å². The Hall–Kier alpha value is -1.41. The fraction of sp³-hybridized carbons (Fsp3) is 0.900. The highest BCUT2D eigenvalue weighted by Crippen LogP contribution is 2.45. The molecular weight excluding hydrogens is 552 g/mol. The van der Waals surface area contributed by atoms with E-state index in [1.54, 1.807) is 0 Å². The molecule has 3 aliphatic rings. The number of H-pyrrole nitrogens is 1. The second-order valence-electron chi connectivity index (χ2n) is 16.9. The lowest BCUT2D eigenvalue weighted by molar-refractivity contribution is -0.251. The topological polar surface area (TPSA) is 127 Å². The van der Waals surface area contributed by atoms with Gasteiger partial charge < -0.3 is 25.8 Å². The zero-order chi connectivity index (χ0) is 31.8. The number of nitrogens with one attached hydrogen (secondary N) is 2. The minimum Gasteiger partial charge on any atom is -0.353 e. The molecule has 42 heavy (non-hydrogen) atoms. The summed E-state index contributed by atoms with van der Waals surface area (Å²) < 4.78 is 0.255. The zero-order valence-corrected chi connectivity index (χ0v) is 28.7. The van der Waals surface area contributed by atoms with Gasteiger partial charge in [0.2, 0.25) is 16.7 Å². The van der Waals surface area contributed by atoms with Crippen LogP contribution in [0, 0.1) is 4.77 Å². The lowest BCUT2D eigenvalue weighted by Crippen LogP contribution is -2.67. The summed E-state index contributed by atoms with van der Waals surface area (Å²) in [6.45, 7) is 24.8. The number of aromatic amines is 1. The minimum absolute atomic E-state index is 0.0455. The van der Waals surface area contributed by atoms with Crippen molar-refractivity contribution in [3.05, 3.63) is 4.77 Å². The van der Waals surface area contributed by atoms with Gasteiger partial charge in [-0.3, -0.25) is 4.98 Å². The Morgan fingerprint density at radius 2 is 0.976 bits per heavy atom. The Morgan fingerprint density at radius 3 is 1.33 bits per heavy atom. The van der Waals surface area contributed by atoms with Gasteiger partial charge in [-0.25, -0.2) is 0 Å². The minimum atomic E-state index is -0.465. The van der Waals surface area contributed by atoms with Gasteiger partial charge in [0.25, 0.3) is 0 Å². The maximum Gasteiger partial charge on any atom is 0.225 e. The molecule has 3 fully saturated rings. The summed E-state index contributed by atoms with van der Waals surface area (Å²) >= 11 is 5.65. The SMILES string of the molecule is CC1(C)CC(Nc2nc(=S)nc(N(C3CC(C)(C)N(O)C(C)(C)C3)C3CC(C)(C)N(O)C(C)(C)C3)[nH]2)CC(C)(C)N1O. The third kappa shape index (κ3) is 6.36. The number of rotatable bonds is 5. The summed E-state index contributed by atoms with van der Waals surface area (Å²) in [6.07, 6.45) is 4.34. The molecule has 4 rings (SSSR count). The van der Waals surface area contributed by atoms with E-state index in [2.05, 4.69) is 75.6 Å². The van der Waals surface area contributed by atoms with Crippen LogP contribution in [0.1, 0.15) is 122 Å². The van der Waals surface area contributed by atoms with Crippen molar-refractivity contribution in [1.82, 2.24) is 30.1 Å². The highest BCUT2D eigenvalue weighted by molar-refractivity contribution is 7.71. The third-order valence-corrected chi connectivity index (χ3v) is 10.1. The Kier molecular flexibility index (Phi) is 8.45. The van der Waals surface area contributed by atoms with Crippen LogP contribution in [0.2, 0.25) is 0 Å². The Bertz CT molecular complexity index is 1120. The molecule has 0 spiro atoms. The van der Waals surface area contributed by atoms with Gasteiger partial charge in [0.15, 0.2) is 0 Å². The molecule has 1 aromatic rings. The van der Waals surface area contributed by atoms with Crippen molar-refractivity contribution in [1.29, 1.82) is 0 Å². The third-order valence-electron chi connectivity index (χ3n) is 9.88. The van der Waals surface area contributed by atoms with Crippen molar-refractivity contribution in [2.75, 3.05) is 10.2 Å². The number of hydroxylamine groups is 6. The van der Waals surface area contributed by atoms with Crippen molar-refractivity contribution >= 4 is 24.1 Å². The fourth-order valence-corrected chi connectivity index (χ4v) is 8.78. The molecule has 3 saturated heterocycles. The molecule has 11 nitrogen and oxygen atoms in total. The van der Waals surface area contributed by atoms with Crippen molar-refractivity contribution in [3.8, 4) is 0 Å². The van der Waals surface area contributed by atoms with Crippen LogP contribution >= 0.6 is 12.2 Å². The van der Waals surface area contributed by atoms with Gasteiger partial charge in [0.05, 0.1) is 0 Å². The summed E-state index contributed by atoms with van der Waals surface area (Å²) in [6, 6.07) is 0.152. The Labute approximate surface area is 257 Å². The molecular formula is C30H56N8O3S. The first kappa shape index (κ1) is 33.5. The predicted molar refractivity (Wildman–Crippen MR) is 168 cm³/mol. The van der Waals surface area contributed by atoms with Crippen LogP contribution in [-0.4, -0.2) is 97.1 Å². The van der Waals surface area contributed by atoms with E-state index in [0.717, 1.165) is 38.5 Å². The van der Waals surface area contributed by atoms with E-state index in [4.69, 9.17) is 17.2 Å². The van der Waals surface area contributed by atoms with Gasteiger partial charge in [-0.1, -0.05) is 0 Å². The normalized spacial score (nSPS) is 28.5. The van der Waals surface area contributed by atoms with Gasteiger partial charge in [0.1, 0.15) is 0 Å². The standard InChI is InChI=1S/C30H56N8O3S/c1-25(2)13-19(14-26(3,4)36(25)39)31-22-32-23(34-24(42)33-22)35(20-15-27(5,6)37(40)28(7,8)16-20)21-17-29(9,10)38(41)30(11,12)18-21/h19-21,39-41H,13-18H2,1-12H3,(H2,31,32,33,34,42). The molecule has 0 saturated carbocycles. The molecule has 5 N–H and O–H groups in total. The lowest BCUT2D eigenvalue weighted by atomic mass is 9.75. The molecule has 0 aliphatic carbocycles. The van der Waals surface area contributed by atoms with Crippen LogP contribution in [0.25, 0.3) is 0 Å². The molecule has 1 aromatic heterocycles. The molecule has 0 unspecified atom stereocenters. The second kappa shape index (κ2) is 10.6. The van der Waals surface area contributed by atoms with Crippen LogP contribution in [0.15, 0.2) is 0 Å². The van der Waals surface area contributed by atoms with Crippen LogP contribution in [0.4, 0.5) is 11.9 Å². The van der Waals surface area contributed by atoms with E-state index in [1.165, 1.54) is 15.2 Å². The average Bonchev–Trinajstić information content (AvgIpc) is 2.78. The summed E-state index contributed by atoms with van der Waals surface area (Å²) in [7, 11) is 0. The molecule has 0 radical (unpaired) electrons. The van der Waals surface area contributed by atoms with Crippen molar-refractivity contribution < 1.29 is 15.6 Å². The van der Waals surface area contributed by atoms with Gasteiger partial charge in [-0.05, 0) is 134 Å². The molecule has 0 bridgehead atoms. The molecule has 3 aliphatic heterocycles. The van der Waals surface area contributed by atoms with Crippen LogP contribution in [0.3, 0.4) is 0 Å². The molecule has 0 amide bonds. The van der Waals surface area contributed by atoms with Crippen LogP contribution < -0.4 is 10.2 Å². The molecule has 0 aromatic carbocycles. The largest absolute Gasteiger partial charge is 0.353 e. The Balaban J connectivity index is 1.77. The molecule has 0 atom stereocenters. The van der Waals surface area contributed by atoms with E-state index < -0.39 is 33.2 Å². The second-order valence-corrected chi connectivity index (χ2v) is 17.3. The maximum atomic E-state index is 11.1. The average molecular weight is 609 g/mol. The molecule has 4 heterocycles. The smallest absolute Gasteiger partial charge is 0.225 e. The van der Waals surface area contributed by atoms with E-state index in [0.29, 0.717) is 11.9 Å². The van der Waals surface area contributed by atoms with E-state index in [9.17, 15) is 15.6 Å². The van der Waals surface area contributed by atoms with E-state index in [-0.39, 0.29) is 22.9 Å². The first-order valence-electron chi connectivity index (χ1n) is 15.4. The highest BCUT2D eigenvalue weighted by Gasteiger charge is 2.52. The highest BCUT2D eigenvalue weighted by atomic mass is 32.1. The lowest BCUT2D eigenvalue weighted by Gasteiger charge is -2.58. The van der Waals surface area contributed by atoms with E-state index in [1.807, 2.05) is 27.7 Å². The van der Waals surface area contributed by atoms with Crippen molar-refractivity contribution in [2.24, 2.45) is 0 Å². The predicted octanol–water partition coefficient (Wildman–Crippen LogP) is 5.98. The number of aromatic nitrogens is 3. The van der Waals surface area contributed by atoms with Crippen molar-refractivity contribution in [2.45, 2.75) is 173 Å². The van der Waals surface area contributed by atoms with E-state index >= 15 is 0 Å². The quantitative estimate of drug-likeness (QED) is 0.253. The first-order valence-corrected chi connectivity index (χ1v) is 15.8.